The van der Waals surface area contributed by atoms with Gasteiger partial charge in [0.2, 0.25) is 5.91 Å². The Labute approximate surface area is 139 Å². The number of carbonyl (C=O) groups is 1. The van der Waals surface area contributed by atoms with Gasteiger partial charge in [0.05, 0.1) is 18.1 Å². The molecule has 1 aliphatic heterocycles. The highest BCUT2D eigenvalue weighted by atomic mass is 32.2. The molecular formula is C16H20F2N2O3S. The Balaban J connectivity index is 1.59. The van der Waals surface area contributed by atoms with Crippen LogP contribution in [0, 0.1) is 11.6 Å². The van der Waals surface area contributed by atoms with Crippen LogP contribution in [0.3, 0.4) is 0 Å². The molecule has 1 amide bonds. The fourth-order valence-electron chi connectivity index (χ4n) is 2.99. The van der Waals surface area contributed by atoms with Crippen molar-refractivity contribution in [2.24, 2.45) is 0 Å². The molecule has 1 atom stereocenters. The summed E-state index contributed by atoms with van der Waals surface area (Å²) >= 11 is 0. The average molecular weight is 358 g/mol. The van der Waals surface area contributed by atoms with Gasteiger partial charge in [0.25, 0.3) is 0 Å². The zero-order chi connectivity index (χ0) is 17.3. The molecule has 0 bridgehead atoms. The number of hydrogen-bond donors (Lipinski definition) is 1. The molecule has 5 nitrogen and oxygen atoms in total. The summed E-state index contributed by atoms with van der Waals surface area (Å²) in [6.45, 7) is 0.311. The van der Waals surface area contributed by atoms with Crippen LogP contribution in [0.25, 0.3) is 0 Å². The zero-order valence-corrected chi connectivity index (χ0v) is 14.0. The Kier molecular flexibility index (Phi) is 4.87. The largest absolute Gasteiger partial charge is 0.351 e. The van der Waals surface area contributed by atoms with Crippen LogP contribution in [0.1, 0.15) is 24.8 Å². The Morgan fingerprint density at radius 1 is 1.25 bits per heavy atom. The molecule has 1 heterocycles. The van der Waals surface area contributed by atoms with Gasteiger partial charge in [-0.2, -0.15) is 0 Å². The highest BCUT2D eigenvalue weighted by Crippen LogP contribution is 2.28. The molecule has 3 rings (SSSR count). The summed E-state index contributed by atoms with van der Waals surface area (Å²) in [6.07, 6.45) is 2.31. The highest BCUT2D eigenvalue weighted by Gasteiger charge is 2.33. The predicted molar refractivity (Wildman–Crippen MR) is 85.0 cm³/mol. The number of nitrogens with zero attached hydrogens (tertiary/aromatic N) is 1. The summed E-state index contributed by atoms with van der Waals surface area (Å²) in [5.41, 5.74) is 0.347. The lowest BCUT2D eigenvalue weighted by Crippen LogP contribution is -2.43. The Morgan fingerprint density at radius 3 is 2.58 bits per heavy atom. The summed E-state index contributed by atoms with van der Waals surface area (Å²) in [6, 6.07) is 3.30. The van der Waals surface area contributed by atoms with Gasteiger partial charge < -0.3 is 5.32 Å². The number of carbonyl (C=O) groups excluding carboxylic acids is 1. The minimum Gasteiger partial charge on any atom is -0.351 e. The van der Waals surface area contributed by atoms with E-state index in [0.717, 1.165) is 18.9 Å². The summed E-state index contributed by atoms with van der Waals surface area (Å²) in [7, 11) is -3.05. The summed E-state index contributed by atoms with van der Waals surface area (Å²) < 4.78 is 49.7. The highest BCUT2D eigenvalue weighted by molar-refractivity contribution is 7.91. The maximum atomic E-state index is 13.8. The summed E-state index contributed by atoms with van der Waals surface area (Å²) in [5.74, 6) is -1.43. The van der Waals surface area contributed by atoms with Gasteiger partial charge in [-0.3, -0.25) is 9.69 Å². The standard InChI is InChI=1S/C16H20F2N2O3S/c17-12-2-1-11(15(18)7-12)8-20(14-3-4-14)9-16(21)19-13-5-6-24(22,23)10-13/h1-2,7,13-14H,3-6,8-10H2,(H,19,21). The topological polar surface area (TPSA) is 66.5 Å². The Bertz CT molecular complexity index is 735. The number of rotatable bonds is 6. The maximum Gasteiger partial charge on any atom is 0.234 e. The Morgan fingerprint density at radius 2 is 2.00 bits per heavy atom. The molecule has 1 aromatic rings. The first-order valence-corrected chi connectivity index (χ1v) is 9.82. The van der Waals surface area contributed by atoms with Crippen LogP contribution in [-0.2, 0) is 21.2 Å². The van der Waals surface area contributed by atoms with Gasteiger partial charge in [0.15, 0.2) is 9.84 Å². The fraction of sp³-hybridized carbons (Fsp3) is 0.562. The number of halogens is 2. The Hall–Kier alpha value is -1.54. The van der Waals surface area contributed by atoms with Gasteiger partial charge in [0, 0.05) is 30.3 Å². The van der Waals surface area contributed by atoms with Crippen molar-refractivity contribution in [2.45, 2.75) is 37.9 Å². The minimum absolute atomic E-state index is 0.0191. The predicted octanol–water partition coefficient (Wildman–Crippen LogP) is 1.23. The second-order valence-corrected chi connectivity index (χ2v) is 8.77. The van der Waals surface area contributed by atoms with Crippen molar-refractivity contribution in [3.63, 3.8) is 0 Å². The van der Waals surface area contributed by atoms with Crippen LogP contribution < -0.4 is 5.32 Å². The minimum atomic E-state index is -3.05. The van der Waals surface area contributed by atoms with Crippen molar-refractivity contribution >= 4 is 15.7 Å². The molecule has 1 saturated carbocycles. The summed E-state index contributed by atoms with van der Waals surface area (Å²) in [5, 5.41) is 2.74. The van der Waals surface area contributed by atoms with Crippen LogP contribution in [0.15, 0.2) is 18.2 Å². The van der Waals surface area contributed by atoms with Gasteiger partial charge in [0.1, 0.15) is 11.6 Å². The lowest BCUT2D eigenvalue weighted by atomic mass is 10.2. The van der Waals surface area contributed by atoms with E-state index < -0.39 is 21.5 Å². The van der Waals surface area contributed by atoms with Crippen LogP contribution in [0.2, 0.25) is 0 Å². The molecule has 132 valence electrons. The van der Waals surface area contributed by atoms with E-state index in [-0.39, 0.29) is 42.6 Å². The SMILES string of the molecule is O=C(CN(Cc1ccc(F)cc1F)C1CC1)NC1CCS(=O)(=O)C1. The molecule has 1 aliphatic carbocycles. The van der Waals surface area contributed by atoms with Gasteiger partial charge in [-0.15, -0.1) is 0 Å². The molecule has 0 spiro atoms. The molecule has 1 aromatic carbocycles. The van der Waals surface area contributed by atoms with Crippen LogP contribution in [-0.4, -0.2) is 49.4 Å². The first-order chi connectivity index (χ1) is 11.3. The molecule has 0 radical (unpaired) electrons. The van der Waals surface area contributed by atoms with Gasteiger partial charge in [-0.1, -0.05) is 6.07 Å². The number of sulfone groups is 1. The van der Waals surface area contributed by atoms with Crippen molar-refractivity contribution in [1.82, 2.24) is 10.2 Å². The lowest BCUT2D eigenvalue weighted by Gasteiger charge is -2.22. The van der Waals surface area contributed by atoms with Crippen molar-refractivity contribution in [3.05, 3.63) is 35.4 Å². The molecule has 1 saturated heterocycles. The van der Waals surface area contributed by atoms with Gasteiger partial charge in [-0.05, 0) is 25.3 Å². The third-order valence-corrected chi connectivity index (χ3v) is 6.16. The number of nitrogens with one attached hydrogen (secondary N) is 1. The van der Waals surface area contributed by atoms with E-state index in [9.17, 15) is 22.0 Å². The molecule has 1 N–H and O–H groups in total. The molecule has 0 aromatic heterocycles. The molecular weight excluding hydrogens is 338 g/mol. The molecule has 8 heteroatoms. The fourth-order valence-corrected chi connectivity index (χ4v) is 4.66. The van der Waals surface area contributed by atoms with Crippen molar-refractivity contribution in [2.75, 3.05) is 18.1 Å². The first kappa shape index (κ1) is 17.3. The van der Waals surface area contributed by atoms with E-state index in [1.54, 1.807) is 0 Å². The van der Waals surface area contributed by atoms with Crippen molar-refractivity contribution in [1.29, 1.82) is 0 Å². The third kappa shape index (κ3) is 4.51. The van der Waals surface area contributed by atoms with Gasteiger partial charge in [-0.25, -0.2) is 17.2 Å². The van der Waals surface area contributed by atoms with E-state index in [1.165, 1.54) is 12.1 Å². The molecule has 24 heavy (non-hydrogen) atoms. The number of benzene rings is 1. The maximum absolute atomic E-state index is 13.8. The number of amides is 1. The van der Waals surface area contributed by atoms with Crippen LogP contribution >= 0.6 is 0 Å². The van der Waals surface area contributed by atoms with Gasteiger partial charge >= 0.3 is 0 Å². The number of hydrogen-bond acceptors (Lipinski definition) is 4. The molecule has 2 aliphatic rings. The van der Waals surface area contributed by atoms with E-state index in [0.29, 0.717) is 12.0 Å². The van der Waals surface area contributed by atoms with Crippen molar-refractivity contribution in [3.8, 4) is 0 Å². The van der Waals surface area contributed by atoms with E-state index in [2.05, 4.69) is 5.32 Å². The quantitative estimate of drug-likeness (QED) is 0.831. The second-order valence-electron chi connectivity index (χ2n) is 6.54. The zero-order valence-electron chi connectivity index (χ0n) is 13.2. The molecule has 1 unspecified atom stereocenters. The van der Waals surface area contributed by atoms with Crippen LogP contribution in [0.4, 0.5) is 8.78 Å². The van der Waals surface area contributed by atoms with E-state index in [4.69, 9.17) is 0 Å². The van der Waals surface area contributed by atoms with Crippen molar-refractivity contribution < 1.29 is 22.0 Å². The van der Waals surface area contributed by atoms with Crippen LogP contribution in [0.5, 0.6) is 0 Å². The first-order valence-electron chi connectivity index (χ1n) is 8.00. The normalized spacial score (nSPS) is 22.7. The van der Waals surface area contributed by atoms with E-state index in [1.807, 2.05) is 4.90 Å². The average Bonchev–Trinajstić information content (AvgIpc) is 3.26. The summed E-state index contributed by atoms with van der Waals surface area (Å²) in [4.78, 5) is 14.0. The lowest BCUT2D eigenvalue weighted by molar-refractivity contribution is -0.123. The smallest absolute Gasteiger partial charge is 0.234 e. The molecule has 2 fully saturated rings. The third-order valence-electron chi connectivity index (χ3n) is 4.40. The monoisotopic (exact) mass is 358 g/mol. The second kappa shape index (κ2) is 6.76. The van der Waals surface area contributed by atoms with E-state index >= 15 is 0 Å².